The van der Waals surface area contributed by atoms with Crippen LogP contribution in [0.4, 0.5) is 0 Å². The summed E-state index contributed by atoms with van der Waals surface area (Å²) in [6.45, 7) is 6.72. The molecule has 129 valence electrons. The van der Waals surface area contributed by atoms with Crippen LogP contribution in [0.5, 0.6) is 0 Å². The second kappa shape index (κ2) is 13.0. The topological polar surface area (TPSA) is 52.3 Å². The number of carbonyl (C=O) groups is 1. The Morgan fingerprint density at radius 2 is 1.45 bits per heavy atom. The highest BCUT2D eigenvalue weighted by Gasteiger charge is 2.30. The Bertz CT molecular complexity index is 286. The average Bonchev–Trinajstić information content (AvgIpc) is 2.50. The van der Waals surface area contributed by atoms with E-state index >= 15 is 0 Å². The van der Waals surface area contributed by atoms with Gasteiger partial charge in [-0.3, -0.25) is 4.79 Å². The van der Waals surface area contributed by atoms with Crippen molar-refractivity contribution < 1.29 is 9.53 Å². The lowest BCUT2D eigenvalue weighted by Crippen LogP contribution is -2.42. The van der Waals surface area contributed by atoms with Crippen molar-refractivity contribution in [1.82, 2.24) is 0 Å². The second-order valence-electron chi connectivity index (χ2n) is 6.84. The maximum Gasteiger partial charge on any atom is 0.313 e. The van der Waals surface area contributed by atoms with Crippen LogP contribution in [0.3, 0.4) is 0 Å². The molecule has 0 amide bonds. The predicted molar refractivity (Wildman–Crippen MR) is 96.2 cm³/mol. The van der Waals surface area contributed by atoms with E-state index in [0.717, 1.165) is 12.8 Å². The highest BCUT2D eigenvalue weighted by molar-refractivity contribution is 6.47. The summed E-state index contributed by atoms with van der Waals surface area (Å²) in [6, 6.07) is 0. The molecule has 0 fully saturated rings. The molecule has 2 atom stereocenters. The summed E-state index contributed by atoms with van der Waals surface area (Å²) < 4.78 is 4.76. The van der Waals surface area contributed by atoms with Gasteiger partial charge in [-0.2, -0.15) is 0 Å². The van der Waals surface area contributed by atoms with Gasteiger partial charge in [0.25, 0.3) is 0 Å². The quantitative estimate of drug-likeness (QED) is 0.288. The number of esters is 1. The molecule has 0 aliphatic heterocycles. The minimum atomic E-state index is -0.600. The van der Waals surface area contributed by atoms with E-state index in [4.69, 9.17) is 10.5 Å². The summed E-state index contributed by atoms with van der Waals surface area (Å²) in [5.74, 6) is -0.928. The number of hydrogen-bond acceptors (Lipinski definition) is 3. The van der Waals surface area contributed by atoms with E-state index in [1.165, 1.54) is 64.9 Å². The summed E-state index contributed by atoms with van der Waals surface area (Å²) in [7, 11) is 3.43. The van der Waals surface area contributed by atoms with Crippen molar-refractivity contribution in [3.05, 3.63) is 0 Å². The Hall–Kier alpha value is -0.505. The Morgan fingerprint density at radius 1 is 1.00 bits per heavy atom. The lowest BCUT2D eigenvalue weighted by Gasteiger charge is -2.31. The molecule has 0 aromatic rings. The van der Waals surface area contributed by atoms with E-state index in [9.17, 15) is 4.79 Å². The fourth-order valence-electron chi connectivity index (χ4n) is 3.02. The molecule has 1 radical (unpaired) electrons. The van der Waals surface area contributed by atoms with Crippen molar-refractivity contribution in [2.45, 2.75) is 103 Å². The van der Waals surface area contributed by atoms with Gasteiger partial charge in [0.2, 0.25) is 0 Å². The van der Waals surface area contributed by atoms with Crippen molar-refractivity contribution in [1.29, 1.82) is 0 Å². The fraction of sp³-hybridized carbons (Fsp3) is 0.944. The third-order valence-electron chi connectivity index (χ3n) is 4.51. The molecule has 0 bridgehead atoms. The normalized spacial score (nSPS) is 15.1. The zero-order valence-corrected chi connectivity index (χ0v) is 15.3. The first-order valence-corrected chi connectivity index (χ1v) is 9.18. The standard InChI is InChI=1S/C18H37BNO2/c1-5-7-9-11-13-15-18(3,14-12-10-8-6-2)19-16(20)17(21)22-4/h16H,5-15,20H2,1-4H3. The lowest BCUT2D eigenvalue weighted by molar-refractivity contribution is -0.140. The molecule has 0 rings (SSSR count). The highest BCUT2D eigenvalue weighted by atomic mass is 16.5. The summed E-state index contributed by atoms with van der Waals surface area (Å²) in [6.07, 6.45) is 13.6. The van der Waals surface area contributed by atoms with Crippen LogP contribution >= 0.6 is 0 Å². The monoisotopic (exact) mass is 310 g/mol. The molecule has 0 aromatic carbocycles. The number of rotatable bonds is 14. The van der Waals surface area contributed by atoms with Gasteiger partial charge in [0.1, 0.15) is 0 Å². The van der Waals surface area contributed by atoms with Gasteiger partial charge in [-0.05, 0) is 0 Å². The van der Waals surface area contributed by atoms with Crippen LogP contribution in [0.15, 0.2) is 0 Å². The first-order chi connectivity index (χ1) is 10.5. The molecule has 2 unspecified atom stereocenters. The minimum absolute atomic E-state index is 0.0492. The Labute approximate surface area is 139 Å². The Kier molecular flexibility index (Phi) is 12.7. The number of methoxy groups -OCH3 is 1. The van der Waals surface area contributed by atoms with E-state index in [0.29, 0.717) is 0 Å². The molecule has 22 heavy (non-hydrogen) atoms. The van der Waals surface area contributed by atoms with Crippen LogP contribution in [-0.2, 0) is 9.53 Å². The average molecular weight is 310 g/mol. The van der Waals surface area contributed by atoms with E-state index in [-0.39, 0.29) is 11.3 Å². The molecule has 3 nitrogen and oxygen atoms in total. The summed E-state index contributed by atoms with van der Waals surface area (Å²) in [5, 5.41) is 0.0492. The highest BCUT2D eigenvalue weighted by Crippen LogP contribution is 2.38. The molecular formula is C18H37BNO2. The van der Waals surface area contributed by atoms with Crippen molar-refractivity contribution in [3.8, 4) is 0 Å². The third kappa shape index (κ3) is 10.3. The molecule has 0 spiro atoms. The smallest absolute Gasteiger partial charge is 0.313 e. The lowest BCUT2D eigenvalue weighted by atomic mass is 9.46. The van der Waals surface area contributed by atoms with E-state index < -0.39 is 5.94 Å². The van der Waals surface area contributed by atoms with E-state index in [2.05, 4.69) is 20.8 Å². The Morgan fingerprint density at radius 3 is 1.91 bits per heavy atom. The summed E-state index contributed by atoms with van der Waals surface area (Å²) >= 11 is 0. The number of carbonyl (C=O) groups excluding carboxylic acids is 1. The number of nitrogens with two attached hydrogens (primary N) is 1. The molecule has 2 N–H and O–H groups in total. The largest absolute Gasteiger partial charge is 0.468 e. The van der Waals surface area contributed by atoms with Crippen LogP contribution < -0.4 is 5.73 Å². The molecule has 0 saturated carbocycles. The van der Waals surface area contributed by atoms with Crippen LogP contribution in [-0.4, -0.2) is 26.3 Å². The molecule has 0 saturated heterocycles. The number of hydrogen-bond donors (Lipinski definition) is 1. The minimum Gasteiger partial charge on any atom is -0.468 e. The van der Waals surface area contributed by atoms with Gasteiger partial charge in [0.15, 0.2) is 7.28 Å². The maximum atomic E-state index is 11.6. The summed E-state index contributed by atoms with van der Waals surface area (Å²) in [4.78, 5) is 11.6. The van der Waals surface area contributed by atoms with Crippen molar-refractivity contribution in [3.63, 3.8) is 0 Å². The molecular weight excluding hydrogens is 273 g/mol. The molecule has 0 aliphatic carbocycles. The second-order valence-corrected chi connectivity index (χ2v) is 6.84. The number of unbranched alkanes of at least 4 members (excludes halogenated alkanes) is 7. The number of ether oxygens (including phenoxy) is 1. The first-order valence-electron chi connectivity index (χ1n) is 9.18. The maximum absolute atomic E-state index is 11.6. The molecule has 0 aromatic heterocycles. The van der Waals surface area contributed by atoms with Crippen LogP contribution in [0.25, 0.3) is 0 Å². The van der Waals surface area contributed by atoms with Crippen molar-refractivity contribution in [2.75, 3.05) is 7.11 Å². The third-order valence-corrected chi connectivity index (χ3v) is 4.51. The fourth-order valence-corrected chi connectivity index (χ4v) is 3.02. The van der Waals surface area contributed by atoms with Crippen LogP contribution in [0, 0.1) is 0 Å². The van der Waals surface area contributed by atoms with Crippen LogP contribution in [0.1, 0.15) is 91.4 Å². The van der Waals surface area contributed by atoms with Gasteiger partial charge in [0.05, 0.1) is 13.1 Å². The van der Waals surface area contributed by atoms with Gasteiger partial charge in [-0.15, -0.1) is 0 Å². The van der Waals surface area contributed by atoms with Gasteiger partial charge >= 0.3 is 5.97 Å². The molecule has 4 heteroatoms. The van der Waals surface area contributed by atoms with Crippen molar-refractivity contribution >= 4 is 13.2 Å². The van der Waals surface area contributed by atoms with Crippen LogP contribution in [0.2, 0.25) is 5.31 Å². The first kappa shape index (κ1) is 21.5. The van der Waals surface area contributed by atoms with Gasteiger partial charge in [-0.1, -0.05) is 96.7 Å². The zero-order chi connectivity index (χ0) is 16.8. The molecule has 0 heterocycles. The van der Waals surface area contributed by atoms with Gasteiger partial charge < -0.3 is 10.5 Å². The van der Waals surface area contributed by atoms with Gasteiger partial charge in [0, 0.05) is 0 Å². The molecule has 0 aliphatic rings. The van der Waals surface area contributed by atoms with E-state index in [1.807, 2.05) is 7.28 Å². The Balaban J connectivity index is 4.36. The SMILES string of the molecule is CCCCCCCC(C)([B]C(N)C(=O)OC)CCCCCC. The van der Waals surface area contributed by atoms with Gasteiger partial charge in [-0.25, -0.2) is 0 Å². The predicted octanol–water partition coefficient (Wildman–Crippen LogP) is 4.66. The van der Waals surface area contributed by atoms with Crippen molar-refractivity contribution in [2.24, 2.45) is 5.73 Å². The summed E-state index contributed by atoms with van der Waals surface area (Å²) in [5.41, 5.74) is 5.97. The van der Waals surface area contributed by atoms with E-state index in [1.54, 1.807) is 0 Å². The zero-order valence-electron chi connectivity index (χ0n) is 15.3.